The van der Waals surface area contributed by atoms with Gasteiger partial charge in [-0.3, -0.25) is 4.99 Å². The number of guanidine groups is 1. The van der Waals surface area contributed by atoms with Gasteiger partial charge in [-0.05, 0) is 43.0 Å². The van der Waals surface area contributed by atoms with Crippen LogP contribution in [0.3, 0.4) is 0 Å². The van der Waals surface area contributed by atoms with E-state index >= 15 is 0 Å². The van der Waals surface area contributed by atoms with Crippen LogP contribution < -0.4 is 10.1 Å². The second-order valence-electron chi connectivity index (χ2n) is 7.93. The third kappa shape index (κ3) is 8.96. The van der Waals surface area contributed by atoms with E-state index in [0.717, 1.165) is 44.3 Å². The molecule has 6 nitrogen and oxygen atoms in total. The lowest BCUT2D eigenvalue weighted by Gasteiger charge is -2.23. The Kier molecular flexibility index (Phi) is 11.8. The molecule has 2 aromatic carbocycles. The first-order valence-corrected chi connectivity index (χ1v) is 11.0. The summed E-state index contributed by atoms with van der Waals surface area (Å²) in [6, 6.07) is 16.6. The number of hydrogen-bond acceptors (Lipinski definition) is 4. The predicted molar refractivity (Wildman–Crippen MR) is 140 cm³/mol. The summed E-state index contributed by atoms with van der Waals surface area (Å²) in [4.78, 5) is 6.48. The fourth-order valence-electron chi connectivity index (χ4n) is 3.49. The molecule has 32 heavy (non-hydrogen) atoms. The lowest BCUT2D eigenvalue weighted by molar-refractivity contribution is -0.0390. The Morgan fingerprint density at radius 2 is 1.84 bits per heavy atom. The number of aliphatic imine (C=N–C) groups is 1. The van der Waals surface area contributed by atoms with Crippen LogP contribution in [0, 0.1) is 6.92 Å². The first-order valence-electron chi connectivity index (χ1n) is 11.0. The minimum absolute atomic E-state index is 0. The molecule has 0 amide bonds. The van der Waals surface area contributed by atoms with E-state index < -0.39 is 0 Å². The molecule has 7 heteroatoms. The van der Waals surface area contributed by atoms with Crippen LogP contribution in [0.5, 0.6) is 5.75 Å². The molecule has 1 aliphatic heterocycles. The highest BCUT2D eigenvalue weighted by Crippen LogP contribution is 2.14. The minimum Gasteiger partial charge on any atom is -0.492 e. The first kappa shape index (κ1) is 26.4. The first-order chi connectivity index (χ1) is 15.1. The number of aryl methyl sites for hydroxylation is 1. The van der Waals surface area contributed by atoms with Crippen molar-refractivity contribution in [3.05, 3.63) is 65.2 Å². The zero-order valence-electron chi connectivity index (χ0n) is 19.4. The molecule has 0 saturated carbocycles. The number of halogens is 1. The summed E-state index contributed by atoms with van der Waals surface area (Å²) in [5, 5.41) is 3.44. The summed E-state index contributed by atoms with van der Waals surface area (Å²) in [5.41, 5.74) is 3.63. The molecule has 0 aliphatic carbocycles. The summed E-state index contributed by atoms with van der Waals surface area (Å²) < 4.78 is 17.3. The highest BCUT2D eigenvalue weighted by Gasteiger charge is 2.14. The molecular formula is C25H36IN3O3. The number of likely N-dealkylation sites (N-methyl/N-ethyl adjacent to an activating group) is 1. The van der Waals surface area contributed by atoms with Crippen molar-refractivity contribution < 1.29 is 14.2 Å². The van der Waals surface area contributed by atoms with E-state index in [2.05, 4.69) is 58.5 Å². The van der Waals surface area contributed by atoms with E-state index in [1.807, 2.05) is 19.2 Å². The molecular weight excluding hydrogens is 517 g/mol. The van der Waals surface area contributed by atoms with Crippen molar-refractivity contribution in [2.24, 2.45) is 4.99 Å². The van der Waals surface area contributed by atoms with Crippen LogP contribution in [0.1, 0.15) is 29.5 Å². The highest BCUT2D eigenvalue weighted by molar-refractivity contribution is 14.0. The molecule has 1 N–H and O–H groups in total. The zero-order chi connectivity index (χ0) is 21.9. The molecule has 176 valence electrons. The number of rotatable bonds is 9. The Balaban J connectivity index is 0.00000363. The summed E-state index contributed by atoms with van der Waals surface area (Å²) in [6.07, 6.45) is 2.28. The van der Waals surface area contributed by atoms with Gasteiger partial charge in [-0.2, -0.15) is 0 Å². The molecule has 1 heterocycles. The van der Waals surface area contributed by atoms with Crippen LogP contribution in [0.15, 0.2) is 53.5 Å². The third-order valence-corrected chi connectivity index (χ3v) is 5.39. The lowest BCUT2D eigenvalue weighted by Crippen LogP contribution is -2.40. The molecule has 1 aliphatic rings. The van der Waals surface area contributed by atoms with Crippen molar-refractivity contribution in [3.63, 3.8) is 0 Å². The Morgan fingerprint density at radius 3 is 2.56 bits per heavy atom. The quantitative estimate of drug-likeness (QED) is 0.284. The van der Waals surface area contributed by atoms with E-state index in [1.54, 1.807) is 7.05 Å². The average molecular weight is 553 g/mol. The maximum atomic E-state index is 6.05. The fourth-order valence-corrected chi connectivity index (χ4v) is 3.49. The van der Waals surface area contributed by atoms with Gasteiger partial charge in [0.1, 0.15) is 12.4 Å². The molecule has 0 atom stereocenters. The van der Waals surface area contributed by atoms with Crippen LogP contribution in [-0.4, -0.2) is 57.4 Å². The summed E-state index contributed by atoms with van der Waals surface area (Å²) in [5.74, 6) is 1.73. The second kappa shape index (κ2) is 14.3. The number of nitrogens with zero attached hydrogens (tertiary/aromatic N) is 2. The smallest absolute Gasteiger partial charge is 0.193 e. The molecule has 3 rings (SSSR count). The van der Waals surface area contributed by atoms with Crippen molar-refractivity contribution in [1.29, 1.82) is 0 Å². The molecule has 0 unspecified atom stereocenters. The van der Waals surface area contributed by atoms with Gasteiger partial charge in [0.15, 0.2) is 5.96 Å². The van der Waals surface area contributed by atoms with Crippen LogP contribution in [0.4, 0.5) is 0 Å². The normalized spacial score (nSPS) is 14.5. The molecule has 1 fully saturated rings. The number of ether oxygens (including phenoxy) is 3. The molecule has 0 aromatic heterocycles. The second-order valence-corrected chi connectivity index (χ2v) is 7.93. The van der Waals surface area contributed by atoms with E-state index in [0.29, 0.717) is 25.9 Å². The monoisotopic (exact) mass is 553 g/mol. The molecule has 0 bridgehead atoms. The summed E-state index contributed by atoms with van der Waals surface area (Å²) >= 11 is 0. The van der Waals surface area contributed by atoms with Crippen molar-refractivity contribution in [2.45, 2.75) is 39.0 Å². The zero-order valence-corrected chi connectivity index (χ0v) is 21.7. The average Bonchev–Trinajstić information content (AvgIpc) is 2.80. The topological polar surface area (TPSA) is 55.3 Å². The van der Waals surface area contributed by atoms with Crippen LogP contribution in [0.25, 0.3) is 0 Å². The summed E-state index contributed by atoms with van der Waals surface area (Å²) in [6.45, 7) is 6.37. The van der Waals surface area contributed by atoms with E-state index in [1.165, 1.54) is 16.7 Å². The Hall–Kier alpha value is -1.84. The van der Waals surface area contributed by atoms with Gasteiger partial charge in [0, 0.05) is 33.9 Å². The SMILES string of the molecule is CN=C(NCc1cccc(COC2CCOCC2)c1)N(C)CCOc1ccc(C)cc1.I. The maximum Gasteiger partial charge on any atom is 0.193 e. The van der Waals surface area contributed by atoms with Crippen LogP contribution >= 0.6 is 24.0 Å². The van der Waals surface area contributed by atoms with Gasteiger partial charge in [-0.15, -0.1) is 24.0 Å². The largest absolute Gasteiger partial charge is 0.492 e. The van der Waals surface area contributed by atoms with Crippen molar-refractivity contribution in [2.75, 3.05) is 40.5 Å². The van der Waals surface area contributed by atoms with Crippen LogP contribution in [-0.2, 0) is 22.6 Å². The summed E-state index contributed by atoms with van der Waals surface area (Å²) in [7, 11) is 3.82. The maximum absolute atomic E-state index is 6.05. The predicted octanol–water partition coefficient (Wildman–Crippen LogP) is 4.39. The van der Waals surface area contributed by atoms with Crippen molar-refractivity contribution >= 4 is 29.9 Å². The third-order valence-electron chi connectivity index (χ3n) is 5.39. The van der Waals surface area contributed by atoms with Gasteiger partial charge in [-0.1, -0.05) is 42.0 Å². The van der Waals surface area contributed by atoms with Crippen LogP contribution in [0.2, 0.25) is 0 Å². The van der Waals surface area contributed by atoms with Gasteiger partial charge < -0.3 is 24.4 Å². The van der Waals surface area contributed by atoms with E-state index in [4.69, 9.17) is 14.2 Å². The molecule has 1 saturated heterocycles. The fraction of sp³-hybridized carbons (Fsp3) is 0.480. The van der Waals surface area contributed by atoms with Crippen molar-refractivity contribution in [3.8, 4) is 5.75 Å². The standard InChI is InChI=1S/C25H35N3O3.HI/c1-20-7-9-23(10-8-20)30-16-13-28(3)25(26-2)27-18-21-5-4-6-22(17-21)19-31-24-11-14-29-15-12-24;/h4-10,17,24H,11-16,18-19H2,1-3H3,(H,26,27);1H. The highest BCUT2D eigenvalue weighted by atomic mass is 127. The van der Waals surface area contributed by atoms with E-state index in [-0.39, 0.29) is 24.0 Å². The van der Waals surface area contributed by atoms with E-state index in [9.17, 15) is 0 Å². The Morgan fingerprint density at radius 1 is 1.12 bits per heavy atom. The Labute approximate surface area is 209 Å². The molecule has 0 spiro atoms. The molecule has 0 radical (unpaired) electrons. The van der Waals surface area contributed by atoms with Gasteiger partial charge in [0.05, 0.1) is 19.3 Å². The number of benzene rings is 2. The minimum atomic E-state index is 0. The Bertz CT molecular complexity index is 823. The van der Waals surface area contributed by atoms with Gasteiger partial charge in [0.2, 0.25) is 0 Å². The van der Waals surface area contributed by atoms with Crippen molar-refractivity contribution in [1.82, 2.24) is 10.2 Å². The lowest BCUT2D eigenvalue weighted by atomic mass is 10.1. The van der Waals surface area contributed by atoms with Gasteiger partial charge >= 0.3 is 0 Å². The molecule has 2 aromatic rings. The number of hydrogen-bond donors (Lipinski definition) is 1. The van der Waals surface area contributed by atoms with Gasteiger partial charge in [0.25, 0.3) is 0 Å². The number of nitrogens with one attached hydrogen (secondary N) is 1. The van der Waals surface area contributed by atoms with Gasteiger partial charge in [-0.25, -0.2) is 0 Å².